The summed E-state index contributed by atoms with van der Waals surface area (Å²) in [5, 5.41) is 3.04. The summed E-state index contributed by atoms with van der Waals surface area (Å²) in [5.74, 6) is 0.657. The molecule has 0 bridgehead atoms. The minimum atomic E-state index is -0.810. The Morgan fingerprint density at radius 1 is 1.57 bits per heavy atom. The zero-order chi connectivity index (χ0) is 11.1. The SMILES string of the molecule is CCN(C)C(=O)CNC(C)CS(C)=O. The lowest BCUT2D eigenvalue weighted by Gasteiger charge is -2.17. The van der Waals surface area contributed by atoms with E-state index in [1.807, 2.05) is 13.8 Å². The van der Waals surface area contributed by atoms with Crippen molar-refractivity contribution >= 4 is 16.7 Å². The monoisotopic (exact) mass is 220 g/mol. The van der Waals surface area contributed by atoms with Gasteiger partial charge in [0.2, 0.25) is 5.91 Å². The molecule has 0 saturated carbocycles. The summed E-state index contributed by atoms with van der Waals surface area (Å²) in [6.07, 6.45) is 1.66. The molecule has 0 rings (SSSR count). The first-order valence-corrected chi connectivity index (χ1v) is 6.47. The van der Waals surface area contributed by atoms with Crippen molar-refractivity contribution in [2.45, 2.75) is 19.9 Å². The molecule has 1 amide bonds. The van der Waals surface area contributed by atoms with Crippen molar-refractivity contribution in [1.82, 2.24) is 10.2 Å². The van der Waals surface area contributed by atoms with Crippen LogP contribution in [0.2, 0.25) is 0 Å². The highest BCUT2D eigenvalue weighted by molar-refractivity contribution is 7.84. The van der Waals surface area contributed by atoms with Crippen molar-refractivity contribution in [3.63, 3.8) is 0 Å². The Labute approximate surface area is 88.5 Å². The standard InChI is InChI=1S/C9H20N2O2S/c1-5-11(3)9(12)6-10-8(2)7-14(4)13/h8,10H,5-7H2,1-4H3. The predicted octanol–water partition coefficient (Wildman–Crippen LogP) is -0.179. The van der Waals surface area contributed by atoms with Crippen LogP contribution in [0.4, 0.5) is 0 Å². The highest BCUT2D eigenvalue weighted by atomic mass is 32.2. The number of carbonyl (C=O) groups excluding carboxylic acids is 1. The molecule has 0 aromatic heterocycles. The van der Waals surface area contributed by atoms with E-state index < -0.39 is 10.8 Å². The fourth-order valence-corrected chi connectivity index (χ4v) is 1.81. The molecule has 0 fully saturated rings. The van der Waals surface area contributed by atoms with E-state index in [9.17, 15) is 9.00 Å². The molecule has 4 nitrogen and oxygen atoms in total. The molecule has 0 aliphatic carbocycles. The summed E-state index contributed by atoms with van der Waals surface area (Å²) < 4.78 is 10.9. The van der Waals surface area contributed by atoms with E-state index in [1.165, 1.54) is 0 Å². The van der Waals surface area contributed by atoms with Crippen LogP contribution in [-0.2, 0) is 15.6 Å². The Balaban J connectivity index is 3.71. The maximum atomic E-state index is 11.4. The lowest BCUT2D eigenvalue weighted by atomic mass is 10.4. The van der Waals surface area contributed by atoms with Crippen LogP contribution in [0.1, 0.15) is 13.8 Å². The van der Waals surface area contributed by atoms with E-state index in [-0.39, 0.29) is 11.9 Å². The van der Waals surface area contributed by atoms with Gasteiger partial charge in [0.1, 0.15) is 0 Å². The second kappa shape index (κ2) is 6.95. The summed E-state index contributed by atoms with van der Waals surface area (Å²) in [4.78, 5) is 13.0. The Morgan fingerprint density at radius 2 is 2.14 bits per heavy atom. The van der Waals surface area contributed by atoms with Gasteiger partial charge >= 0.3 is 0 Å². The minimum Gasteiger partial charge on any atom is -0.345 e. The van der Waals surface area contributed by atoms with Crippen LogP contribution in [-0.4, -0.2) is 53.2 Å². The van der Waals surface area contributed by atoms with Crippen molar-refractivity contribution in [2.75, 3.05) is 32.1 Å². The van der Waals surface area contributed by atoms with E-state index in [4.69, 9.17) is 0 Å². The number of nitrogens with one attached hydrogen (secondary N) is 1. The molecule has 0 radical (unpaired) electrons. The van der Waals surface area contributed by atoms with Crippen LogP contribution in [0.3, 0.4) is 0 Å². The number of nitrogens with zero attached hydrogens (tertiary/aromatic N) is 1. The van der Waals surface area contributed by atoms with Crippen LogP contribution in [0.15, 0.2) is 0 Å². The molecule has 0 heterocycles. The summed E-state index contributed by atoms with van der Waals surface area (Å²) in [6.45, 7) is 4.90. The van der Waals surface area contributed by atoms with Crippen LogP contribution in [0.25, 0.3) is 0 Å². The third-order valence-electron chi connectivity index (χ3n) is 1.99. The van der Waals surface area contributed by atoms with Crippen LogP contribution in [0.5, 0.6) is 0 Å². The van der Waals surface area contributed by atoms with Crippen LogP contribution < -0.4 is 5.32 Å². The molecular weight excluding hydrogens is 200 g/mol. The van der Waals surface area contributed by atoms with Crippen molar-refractivity contribution in [2.24, 2.45) is 0 Å². The van der Waals surface area contributed by atoms with Gasteiger partial charge in [-0.05, 0) is 13.8 Å². The average molecular weight is 220 g/mol. The number of amides is 1. The minimum absolute atomic E-state index is 0.0706. The van der Waals surface area contributed by atoms with Gasteiger partial charge in [0.25, 0.3) is 0 Å². The molecule has 0 aromatic rings. The maximum absolute atomic E-state index is 11.4. The third kappa shape index (κ3) is 6.10. The third-order valence-corrected chi connectivity index (χ3v) is 2.96. The number of likely N-dealkylation sites (N-methyl/N-ethyl adjacent to an activating group) is 1. The molecular formula is C9H20N2O2S. The fraction of sp³-hybridized carbons (Fsp3) is 0.889. The molecule has 0 spiro atoms. The Kier molecular flexibility index (Phi) is 6.74. The van der Waals surface area contributed by atoms with Crippen molar-refractivity contribution in [1.29, 1.82) is 0 Å². The van der Waals surface area contributed by atoms with Crippen molar-refractivity contribution in [3.8, 4) is 0 Å². The van der Waals surface area contributed by atoms with Gasteiger partial charge in [0.05, 0.1) is 6.54 Å². The zero-order valence-electron chi connectivity index (χ0n) is 9.37. The van der Waals surface area contributed by atoms with Crippen LogP contribution >= 0.6 is 0 Å². The summed E-state index contributed by atoms with van der Waals surface area (Å²) in [5.41, 5.74) is 0. The van der Waals surface area contributed by atoms with Gasteiger partial charge < -0.3 is 10.2 Å². The Hall–Kier alpha value is -0.420. The zero-order valence-corrected chi connectivity index (χ0v) is 10.2. The Bertz CT molecular complexity index is 209. The smallest absolute Gasteiger partial charge is 0.236 e. The molecule has 5 heteroatoms. The van der Waals surface area contributed by atoms with E-state index in [1.54, 1.807) is 18.2 Å². The highest BCUT2D eigenvalue weighted by Crippen LogP contribution is 1.87. The van der Waals surface area contributed by atoms with E-state index >= 15 is 0 Å². The first-order valence-electron chi connectivity index (χ1n) is 4.74. The quantitative estimate of drug-likeness (QED) is 0.675. The predicted molar refractivity (Wildman–Crippen MR) is 59.7 cm³/mol. The first kappa shape index (κ1) is 13.6. The van der Waals surface area contributed by atoms with E-state index in [0.29, 0.717) is 18.8 Å². The van der Waals surface area contributed by atoms with Gasteiger partial charge in [-0.2, -0.15) is 0 Å². The summed E-state index contributed by atoms with van der Waals surface area (Å²) >= 11 is 0. The molecule has 0 aromatic carbocycles. The maximum Gasteiger partial charge on any atom is 0.236 e. The number of carbonyl (C=O) groups is 1. The normalized spacial score (nSPS) is 14.9. The van der Waals surface area contributed by atoms with Gasteiger partial charge in [0.15, 0.2) is 0 Å². The lowest BCUT2D eigenvalue weighted by molar-refractivity contribution is -0.128. The molecule has 0 aliphatic rings. The largest absolute Gasteiger partial charge is 0.345 e. The Morgan fingerprint density at radius 3 is 2.57 bits per heavy atom. The highest BCUT2D eigenvalue weighted by Gasteiger charge is 2.09. The molecule has 84 valence electrons. The second-order valence-electron chi connectivity index (χ2n) is 3.43. The molecule has 14 heavy (non-hydrogen) atoms. The summed E-state index contributed by atoms with van der Waals surface area (Å²) in [7, 11) is 0.960. The molecule has 2 atom stereocenters. The molecule has 1 N–H and O–H groups in total. The van der Waals surface area contributed by atoms with Gasteiger partial charge in [0, 0.05) is 42.4 Å². The van der Waals surface area contributed by atoms with Crippen LogP contribution in [0, 0.1) is 0 Å². The van der Waals surface area contributed by atoms with Gasteiger partial charge in [-0.15, -0.1) is 0 Å². The van der Waals surface area contributed by atoms with E-state index in [0.717, 1.165) is 0 Å². The van der Waals surface area contributed by atoms with Gasteiger partial charge in [-0.3, -0.25) is 9.00 Å². The number of rotatable bonds is 6. The number of hydrogen-bond acceptors (Lipinski definition) is 3. The molecule has 2 unspecified atom stereocenters. The van der Waals surface area contributed by atoms with E-state index in [2.05, 4.69) is 5.32 Å². The average Bonchev–Trinajstić information content (AvgIpc) is 2.11. The fourth-order valence-electron chi connectivity index (χ4n) is 0.984. The number of hydrogen-bond donors (Lipinski definition) is 1. The topological polar surface area (TPSA) is 49.4 Å². The molecule has 0 saturated heterocycles. The first-order chi connectivity index (χ1) is 6.47. The van der Waals surface area contributed by atoms with Gasteiger partial charge in [-0.1, -0.05) is 0 Å². The van der Waals surface area contributed by atoms with Crippen molar-refractivity contribution < 1.29 is 9.00 Å². The summed E-state index contributed by atoms with van der Waals surface area (Å²) in [6, 6.07) is 0.120. The second-order valence-corrected chi connectivity index (χ2v) is 4.91. The van der Waals surface area contributed by atoms with Gasteiger partial charge in [-0.25, -0.2) is 0 Å². The molecule has 0 aliphatic heterocycles. The lowest BCUT2D eigenvalue weighted by Crippen LogP contribution is -2.40. The van der Waals surface area contributed by atoms with Crippen molar-refractivity contribution in [3.05, 3.63) is 0 Å².